The summed E-state index contributed by atoms with van der Waals surface area (Å²) < 4.78 is 20.0. The minimum atomic E-state index is -0.832. The van der Waals surface area contributed by atoms with Gasteiger partial charge in [-0.05, 0) is 13.3 Å². The van der Waals surface area contributed by atoms with Crippen molar-refractivity contribution in [2.24, 2.45) is 0 Å². The summed E-state index contributed by atoms with van der Waals surface area (Å²) in [4.78, 5) is 20.0. The maximum atomic E-state index is 10.0. The van der Waals surface area contributed by atoms with Crippen LogP contribution in [0, 0.1) is 0 Å². The molecule has 0 aliphatic rings. The van der Waals surface area contributed by atoms with Crippen LogP contribution in [-0.4, -0.2) is 75.0 Å². The molecule has 0 heterocycles. The number of hydrogen-bond donors (Lipinski definition) is 2. The van der Waals surface area contributed by atoms with Crippen LogP contribution in [0.2, 0.25) is 0 Å². The van der Waals surface area contributed by atoms with E-state index in [1.165, 1.54) is 0 Å². The average molecular weight is 338 g/mol. The first-order chi connectivity index (χ1) is 11.0. The summed E-state index contributed by atoms with van der Waals surface area (Å²) >= 11 is 0. The molecule has 0 atom stereocenters. The van der Waals surface area contributed by atoms with Crippen molar-refractivity contribution in [3.63, 3.8) is 0 Å². The maximum Gasteiger partial charge on any atom is 0.305 e. The first-order valence-electron chi connectivity index (χ1n) is 7.79. The number of ether oxygens (including phenoxy) is 4. The second-order valence-electron chi connectivity index (χ2n) is 4.32. The molecule has 0 aliphatic heterocycles. The predicted octanol–water partition coefficient (Wildman–Crippen LogP) is 1.42. The summed E-state index contributed by atoms with van der Waals surface area (Å²) in [6.45, 7) is 7.91. The predicted molar refractivity (Wildman–Crippen MR) is 83.7 cm³/mol. The van der Waals surface area contributed by atoms with Crippen molar-refractivity contribution >= 4 is 11.9 Å². The van der Waals surface area contributed by atoms with Crippen molar-refractivity contribution in [2.45, 2.75) is 33.1 Å². The van der Waals surface area contributed by atoms with Gasteiger partial charge in [0.05, 0.1) is 52.5 Å². The largest absolute Gasteiger partial charge is 0.481 e. The lowest BCUT2D eigenvalue weighted by molar-refractivity contribution is -0.139. The standard InChI is InChI=1S/C8H16O4.C7H14O4/c1-2-4-11-6-7-12-5-3-8(9)10;1-2-10-5-6-11-4-3-7(8)9/h2-7H2,1H3,(H,9,10);2-6H2,1H3,(H,8,9). The number of carbonyl (C=O) groups is 2. The van der Waals surface area contributed by atoms with E-state index in [-0.39, 0.29) is 26.1 Å². The van der Waals surface area contributed by atoms with Crippen molar-refractivity contribution in [2.75, 3.05) is 52.9 Å². The minimum Gasteiger partial charge on any atom is -0.481 e. The zero-order chi connectivity index (χ0) is 17.8. The van der Waals surface area contributed by atoms with Gasteiger partial charge in [0.15, 0.2) is 0 Å². The van der Waals surface area contributed by atoms with E-state index in [9.17, 15) is 9.59 Å². The molecule has 8 nitrogen and oxygen atoms in total. The molecule has 8 heteroatoms. The summed E-state index contributed by atoms with van der Waals surface area (Å²) in [5.74, 6) is -1.66. The molecule has 0 spiro atoms. The minimum absolute atomic E-state index is 0.0616. The van der Waals surface area contributed by atoms with Crippen LogP contribution < -0.4 is 0 Å². The first-order valence-corrected chi connectivity index (χ1v) is 7.79. The van der Waals surface area contributed by atoms with E-state index in [0.717, 1.165) is 13.0 Å². The van der Waals surface area contributed by atoms with E-state index in [4.69, 9.17) is 29.2 Å². The summed E-state index contributed by atoms with van der Waals surface area (Å²) in [6.07, 6.45) is 1.12. The third-order valence-electron chi connectivity index (χ3n) is 2.22. The third kappa shape index (κ3) is 29.4. The Hall–Kier alpha value is -1.22. The molecule has 0 aliphatic carbocycles. The van der Waals surface area contributed by atoms with E-state index in [1.54, 1.807) is 0 Å². The Kier molecular flexibility index (Phi) is 21.7. The van der Waals surface area contributed by atoms with Gasteiger partial charge in [-0.1, -0.05) is 6.92 Å². The van der Waals surface area contributed by atoms with Gasteiger partial charge in [-0.3, -0.25) is 9.59 Å². The molecule has 0 saturated heterocycles. The zero-order valence-electron chi connectivity index (χ0n) is 14.1. The van der Waals surface area contributed by atoms with E-state index in [0.29, 0.717) is 33.0 Å². The van der Waals surface area contributed by atoms with Crippen LogP contribution in [0.5, 0.6) is 0 Å². The van der Waals surface area contributed by atoms with E-state index in [2.05, 4.69) is 0 Å². The molecule has 23 heavy (non-hydrogen) atoms. The van der Waals surface area contributed by atoms with Gasteiger partial charge in [-0.15, -0.1) is 0 Å². The smallest absolute Gasteiger partial charge is 0.305 e. The van der Waals surface area contributed by atoms with Crippen molar-refractivity contribution in [1.82, 2.24) is 0 Å². The van der Waals surface area contributed by atoms with Crippen molar-refractivity contribution < 1.29 is 38.7 Å². The molecule has 138 valence electrons. The Bertz CT molecular complexity index is 270. The number of rotatable bonds is 15. The van der Waals surface area contributed by atoms with Crippen molar-refractivity contribution in [1.29, 1.82) is 0 Å². The number of carboxylic acids is 2. The van der Waals surface area contributed by atoms with Crippen LogP contribution in [0.3, 0.4) is 0 Å². The second kappa shape index (κ2) is 20.8. The summed E-state index contributed by atoms with van der Waals surface area (Å²) in [5.41, 5.74) is 0. The van der Waals surface area contributed by atoms with Gasteiger partial charge in [0.25, 0.3) is 0 Å². The van der Waals surface area contributed by atoms with E-state index >= 15 is 0 Å². The third-order valence-corrected chi connectivity index (χ3v) is 2.22. The first kappa shape index (κ1) is 24.0. The number of hydrogen-bond acceptors (Lipinski definition) is 6. The Balaban J connectivity index is 0. The summed E-state index contributed by atoms with van der Waals surface area (Å²) in [6, 6.07) is 0. The lowest BCUT2D eigenvalue weighted by Crippen LogP contribution is -2.08. The van der Waals surface area contributed by atoms with Crippen LogP contribution >= 0.6 is 0 Å². The lowest BCUT2D eigenvalue weighted by atomic mass is 10.5. The lowest BCUT2D eigenvalue weighted by Gasteiger charge is -2.02. The second-order valence-corrected chi connectivity index (χ2v) is 4.32. The molecule has 0 aromatic rings. The van der Waals surface area contributed by atoms with Crippen LogP contribution in [0.25, 0.3) is 0 Å². The Morgan fingerprint density at radius 1 is 0.652 bits per heavy atom. The average Bonchev–Trinajstić information content (AvgIpc) is 2.50. The summed E-state index contributed by atoms with van der Waals surface area (Å²) in [5, 5.41) is 16.4. The molecule has 0 amide bonds. The summed E-state index contributed by atoms with van der Waals surface area (Å²) in [7, 11) is 0. The molecular formula is C15H30O8. The quantitative estimate of drug-likeness (QED) is 0.431. The molecule has 2 N–H and O–H groups in total. The normalized spacial score (nSPS) is 10.0. The fourth-order valence-corrected chi connectivity index (χ4v) is 1.15. The monoisotopic (exact) mass is 338 g/mol. The Morgan fingerprint density at radius 3 is 1.39 bits per heavy atom. The highest BCUT2D eigenvalue weighted by Crippen LogP contribution is 1.85. The van der Waals surface area contributed by atoms with Gasteiger partial charge in [0.1, 0.15) is 0 Å². The molecule has 0 radical (unpaired) electrons. The highest BCUT2D eigenvalue weighted by atomic mass is 16.5. The highest BCUT2D eigenvalue weighted by Gasteiger charge is 1.96. The SMILES string of the molecule is CCCOCCOCCC(=O)O.CCOCCOCCC(=O)O. The molecule has 0 unspecified atom stereocenters. The highest BCUT2D eigenvalue weighted by molar-refractivity contribution is 5.66. The van der Waals surface area contributed by atoms with Crippen molar-refractivity contribution in [3.05, 3.63) is 0 Å². The fraction of sp³-hybridized carbons (Fsp3) is 0.867. The van der Waals surface area contributed by atoms with Crippen LogP contribution in [0.1, 0.15) is 33.1 Å². The van der Waals surface area contributed by atoms with E-state index < -0.39 is 11.9 Å². The van der Waals surface area contributed by atoms with Gasteiger partial charge < -0.3 is 29.2 Å². The molecule has 0 bridgehead atoms. The van der Waals surface area contributed by atoms with Gasteiger partial charge in [-0.2, -0.15) is 0 Å². The van der Waals surface area contributed by atoms with Gasteiger partial charge in [-0.25, -0.2) is 0 Å². The van der Waals surface area contributed by atoms with Crippen LogP contribution in [0.15, 0.2) is 0 Å². The van der Waals surface area contributed by atoms with Crippen LogP contribution in [-0.2, 0) is 28.5 Å². The molecule has 0 aromatic heterocycles. The van der Waals surface area contributed by atoms with Gasteiger partial charge in [0.2, 0.25) is 0 Å². The van der Waals surface area contributed by atoms with E-state index in [1.807, 2.05) is 13.8 Å². The Labute approximate surface area is 137 Å². The van der Waals surface area contributed by atoms with Gasteiger partial charge in [0, 0.05) is 13.2 Å². The maximum absolute atomic E-state index is 10.0. The van der Waals surface area contributed by atoms with Crippen LogP contribution in [0.4, 0.5) is 0 Å². The molecular weight excluding hydrogens is 308 g/mol. The zero-order valence-corrected chi connectivity index (χ0v) is 14.1. The van der Waals surface area contributed by atoms with Gasteiger partial charge >= 0.3 is 11.9 Å². The molecule has 0 rings (SSSR count). The Morgan fingerprint density at radius 2 is 1.04 bits per heavy atom. The fourth-order valence-electron chi connectivity index (χ4n) is 1.15. The number of aliphatic carboxylic acids is 2. The molecule has 0 fully saturated rings. The molecule has 0 saturated carbocycles. The van der Waals surface area contributed by atoms with Crippen molar-refractivity contribution in [3.8, 4) is 0 Å². The molecule has 0 aromatic carbocycles. The topological polar surface area (TPSA) is 112 Å². The number of carboxylic acid groups (broad SMARTS) is 2.